The minimum absolute atomic E-state index is 0.0255. The molecule has 164 valence electrons. The molecule has 0 bridgehead atoms. The summed E-state index contributed by atoms with van der Waals surface area (Å²) in [4.78, 5) is 32.0. The van der Waals surface area contributed by atoms with Crippen molar-refractivity contribution in [2.45, 2.75) is 64.8 Å². The maximum absolute atomic E-state index is 10.5. The third kappa shape index (κ3) is 27.7. The molecule has 1 fully saturated rings. The molecule has 1 heterocycles. The molecule has 3 atom stereocenters. The molecule has 10 nitrogen and oxygen atoms in total. The molecule has 4 N–H and O–H groups in total. The molecule has 0 radical (unpaired) electrons. The molecule has 0 aromatic rings. The number of rotatable bonds is 8. The third-order valence-corrected chi connectivity index (χ3v) is 3.18. The number of hydrogen-bond donors (Lipinski definition) is 4. The molecule has 0 aromatic heterocycles. The molecule has 1 aliphatic heterocycles. The van der Waals surface area contributed by atoms with Crippen LogP contribution in [-0.2, 0) is 28.3 Å². The van der Waals surface area contributed by atoms with E-state index in [0.717, 1.165) is 19.3 Å². The van der Waals surface area contributed by atoms with E-state index in [2.05, 4.69) is 0 Å². The van der Waals surface area contributed by atoms with Gasteiger partial charge in [0.15, 0.2) is 0 Å². The van der Waals surface area contributed by atoms with Crippen LogP contribution in [0.3, 0.4) is 0 Å². The van der Waals surface area contributed by atoms with E-state index >= 15 is 0 Å². The van der Waals surface area contributed by atoms with Crippen LogP contribution in [0.2, 0.25) is 0 Å². The van der Waals surface area contributed by atoms with Gasteiger partial charge in [0.2, 0.25) is 0 Å². The number of carbonyl (C=O) groups excluding carboxylic acids is 1. The van der Waals surface area contributed by atoms with Crippen LogP contribution in [0.5, 0.6) is 0 Å². The number of aliphatic hydroxyl groups excluding tert-OH is 1. The fourth-order valence-corrected chi connectivity index (χ4v) is 1.57. The zero-order chi connectivity index (χ0) is 21.3. The van der Waals surface area contributed by atoms with Gasteiger partial charge in [-0.05, 0) is 40.0 Å². The van der Waals surface area contributed by atoms with E-state index in [1.807, 2.05) is 20.8 Å². The van der Waals surface area contributed by atoms with Crippen molar-refractivity contribution in [3.05, 3.63) is 0 Å². The molecule has 1 rings (SSSR count). The van der Waals surface area contributed by atoms with E-state index in [0.29, 0.717) is 26.2 Å². The van der Waals surface area contributed by atoms with E-state index in [1.165, 1.54) is 0 Å². The van der Waals surface area contributed by atoms with Crippen LogP contribution in [0.4, 0.5) is 0 Å². The van der Waals surface area contributed by atoms with Gasteiger partial charge in [0.1, 0.15) is 0 Å². The summed E-state index contributed by atoms with van der Waals surface area (Å²) in [7, 11) is -2.98. The van der Waals surface area contributed by atoms with E-state index in [-0.39, 0.29) is 30.9 Å². The Labute approximate surface area is 161 Å². The van der Waals surface area contributed by atoms with Gasteiger partial charge in [-0.3, -0.25) is 4.79 Å². The number of cyclic esters (lactones) is 1. The Morgan fingerprint density at radius 2 is 1.52 bits per heavy atom. The van der Waals surface area contributed by atoms with Crippen LogP contribution in [0, 0.1) is 0 Å². The number of methoxy groups -OCH3 is 1. The summed E-state index contributed by atoms with van der Waals surface area (Å²) < 4.78 is 29.4. The van der Waals surface area contributed by atoms with Crippen molar-refractivity contribution in [1.82, 2.24) is 0 Å². The molecule has 11 heteroatoms. The van der Waals surface area contributed by atoms with Gasteiger partial charge >= 0.3 is 13.8 Å². The summed E-state index contributed by atoms with van der Waals surface area (Å²) in [5, 5.41) is 8.72. The fourth-order valence-electron chi connectivity index (χ4n) is 1.57. The molecule has 1 aliphatic rings. The van der Waals surface area contributed by atoms with Crippen LogP contribution >= 0.6 is 7.82 Å². The van der Waals surface area contributed by atoms with Crippen LogP contribution in [0.1, 0.15) is 46.5 Å². The van der Waals surface area contributed by atoms with Crippen molar-refractivity contribution in [1.29, 1.82) is 0 Å². The number of aliphatic hydroxyl groups is 1. The molecule has 0 saturated carbocycles. The summed E-state index contributed by atoms with van der Waals surface area (Å²) in [6.07, 6.45) is 3.84. The number of phosphoric acid groups is 1. The molecule has 1 saturated heterocycles. The van der Waals surface area contributed by atoms with Gasteiger partial charge in [0, 0.05) is 13.5 Å². The highest BCUT2D eigenvalue weighted by atomic mass is 31.2. The van der Waals surface area contributed by atoms with Gasteiger partial charge in [0.25, 0.3) is 0 Å². The molecule has 3 unspecified atom stereocenters. The monoisotopic (exact) mass is 418 g/mol. The molecular weight excluding hydrogens is 383 g/mol. The van der Waals surface area contributed by atoms with Crippen molar-refractivity contribution in [2.75, 3.05) is 33.5 Å². The van der Waals surface area contributed by atoms with Gasteiger partial charge in [-0.25, -0.2) is 4.57 Å². The Morgan fingerprint density at radius 1 is 1.00 bits per heavy atom. The Bertz CT molecular complexity index is 368. The zero-order valence-electron chi connectivity index (χ0n) is 16.6. The highest BCUT2D eigenvalue weighted by Gasteiger charge is 2.08. The van der Waals surface area contributed by atoms with E-state index in [1.54, 1.807) is 7.11 Å². The Morgan fingerprint density at radius 3 is 2.04 bits per heavy atom. The van der Waals surface area contributed by atoms with Gasteiger partial charge in [-0.2, -0.15) is 0 Å². The van der Waals surface area contributed by atoms with Gasteiger partial charge in [0.05, 0.1) is 44.7 Å². The Hall–Kier alpha value is -0.580. The largest absolute Gasteiger partial charge is 0.466 e. The molecular formula is C16H35O10P. The SMILES string of the molecule is COC(C)COC(C)COC(C)CO.O=C1CCCCCO1.O=P(O)(O)O. The van der Waals surface area contributed by atoms with Gasteiger partial charge in [-0.1, -0.05) is 0 Å². The Kier molecular flexibility index (Phi) is 18.6. The van der Waals surface area contributed by atoms with Crippen molar-refractivity contribution < 1.29 is 48.1 Å². The summed E-state index contributed by atoms with van der Waals surface area (Å²) in [6, 6.07) is 0. The summed E-state index contributed by atoms with van der Waals surface area (Å²) >= 11 is 0. The Balaban J connectivity index is 0. The van der Waals surface area contributed by atoms with Gasteiger partial charge in [-0.15, -0.1) is 0 Å². The molecule has 0 aromatic carbocycles. The second-order valence-electron chi connectivity index (χ2n) is 6.06. The first kappa shape index (κ1) is 28.6. The third-order valence-electron chi connectivity index (χ3n) is 3.18. The summed E-state index contributed by atoms with van der Waals surface area (Å²) in [5.41, 5.74) is 0. The molecule has 27 heavy (non-hydrogen) atoms. The van der Waals surface area contributed by atoms with E-state index < -0.39 is 7.82 Å². The average Bonchev–Trinajstić information content (AvgIpc) is 2.84. The average molecular weight is 418 g/mol. The zero-order valence-corrected chi connectivity index (χ0v) is 17.5. The number of ether oxygens (including phenoxy) is 4. The smallest absolute Gasteiger partial charge is 0.466 e. The van der Waals surface area contributed by atoms with E-state index in [9.17, 15) is 4.79 Å². The molecule has 0 spiro atoms. The van der Waals surface area contributed by atoms with Gasteiger partial charge < -0.3 is 38.7 Å². The van der Waals surface area contributed by atoms with Crippen LogP contribution in [0.25, 0.3) is 0 Å². The summed E-state index contributed by atoms with van der Waals surface area (Å²) in [5.74, 6) is -0.0255. The fraction of sp³-hybridized carbons (Fsp3) is 0.938. The lowest BCUT2D eigenvalue weighted by atomic mass is 10.2. The topological polar surface area (TPSA) is 152 Å². The lowest BCUT2D eigenvalue weighted by molar-refractivity contribution is -0.142. The predicted molar refractivity (Wildman–Crippen MR) is 98.1 cm³/mol. The maximum atomic E-state index is 10.5. The second-order valence-corrected chi connectivity index (χ2v) is 7.09. The first-order valence-electron chi connectivity index (χ1n) is 8.80. The molecule has 0 aliphatic carbocycles. The minimum Gasteiger partial charge on any atom is -0.466 e. The van der Waals surface area contributed by atoms with Crippen LogP contribution in [0.15, 0.2) is 0 Å². The first-order chi connectivity index (χ1) is 12.5. The van der Waals surface area contributed by atoms with Crippen molar-refractivity contribution in [3.63, 3.8) is 0 Å². The quantitative estimate of drug-likeness (QED) is 0.332. The minimum atomic E-state index is -4.64. The van der Waals surface area contributed by atoms with Crippen LogP contribution in [-0.4, -0.2) is 77.6 Å². The predicted octanol–water partition coefficient (Wildman–Crippen LogP) is 0.999. The number of esters is 1. The highest BCUT2D eigenvalue weighted by molar-refractivity contribution is 7.45. The maximum Gasteiger partial charge on any atom is 0.466 e. The summed E-state index contributed by atoms with van der Waals surface area (Å²) in [6.45, 7) is 7.45. The first-order valence-corrected chi connectivity index (χ1v) is 10.4. The van der Waals surface area contributed by atoms with Crippen molar-refractivity contribution in [2.24, 2.45) is 0 Å². The lowest BCUT2D eigenvalue weighted by Crippen LogP contribution is -2.25. The van der Waals surface area contributed by atoms with Crippen molar-refractivity contribution in [3.8, 4) is 0 Å². The van der Waals surface area contributed by atoms with Crippen molar-refractivity contribution >= 4 is 13.8 Å². The van der Waals surface area contributed by atoms with Crippen LogP contribution < -0.4 is 0 Å². The standard InChI is InChI=1S/C10H22O4.C6H10O2.H3O4P/c1-8(5-11)13-7-10(3)14-6-9(2)12-4;7-6-4-2-1-3-5-8-6;1-5(2,3)4/h8-11H,5-7H2,1-4H3;1-5H2;(H3,1,2,3,4). The highest BCUT2D eigenvalue weighted by Crippen LogP contribution is 2.25. The number of carbonyl (C=O) groups is 1. The number of hydrogen-bond acceptors (Lipinski definition) is 7. The normalized spacial score (nSPS) is 17.9. The second kappa shape index (κ2) is 17.5. The van der Waals surface area contributed by atoms with E-state index in [4.69, 9.17) is 43.3 Å². The lowest BCUT2D eigenvalue weighted by Gasteiger charge is -2.18. The molecule has 0 amide bonds.